The van der Waals surface area contributed by atoms with Gasteiger partial charge in [-0.05, 0) is 19.4 Å². The largest absolute Gasteiger partial charge is 0.312 e. The van der Waals surface area contributed by atoms with E-state index in [1.807, 2.05) is 0 Å². The number of nitrogens with zero attached hydrogens (tertiary/aromatic N) is 4. The molecule has 0 aliphatic carbocycles. The average Bonchev–Trinajstić information content (AvgIpc) is 3.11. The summed E-state index contributed by atoms with van der Waals surface area (Å²) in [4.78, 5) is 14.6. The molecule has 1 aliphatic heterocycles. The van der Waals surface area contributed by atoms with Crippen LogP contribution in [0.4, 0.5) is 5.69 Å². The number of nitro groups is 1. The van der Waals surface area contributed by atoms with Gasteiger partial charge in [0.1, 0.15) is 6.33 Å². The first kappa shape index (κ1) is 12.7. The van der Waals surface area contributed by atoms with Crippen LogP contribution in [0, 0.1) is 10.1 Å². The number of hydrogen-bond donors (Lipinski definition) is 1. The normalized spacial score (nSPS) is 18.3. The first-order chi connectivity index (χ1) is 9.72. The predicted molar refractivity (Wildman–Crippen MR) is 73.1 cm³/mol. The fourth-order valence-corrected chi connectivity index (χ4v) is 2.41. The molecule has 0 unspecified atom stereocenters. The van der Waals surface area contributed by atoms with E-state index < -0.39 is 4.92 Å². The van der Waals surface area contributed by atoms with Crippen LogP contribution in [-0.4, -0.2) is 32.3 Å². The summed E-state index contributed by atoms with van der Waals surface area (Å²) >= 11 is 0. The third kappa shape index (κ3) is 2.67. The Balaban J connectivity index is 1.78. The molecule has 1 saturated heterocycles. The smallest absolute Gasteiger partial charge is 0.270 e. The Hall–Kier alpha value is -2.28. The van der Waals surface area contributed by atoms with Gasteiger partial charge in [-0.1, -0.05) is 12.1 Å². The van der Waals surface area contributed by atoms with E-state index >= 15 is 0 Å². The molecule has 7 nitrogen and oxygen atoms in total. The molecule has 3 rings (SSSR count). The topological polar surface area (TPSA) is 85.9 Å². The molecule has 0 radical (unpaired) electrons. The summed E-state index contributed by atoms with van der Waals surface area (Å²) in [6.07, 6.45) is 4.01. The molecule has 20 heavy (non-hydrogen) atoms. The number of hydrogen-bond acceptors (Lipinski definition) is 5. The lowest BCUT2D eigenvalue weighted by Gasteiger charge is -2.08. The zero-order valence-electron chi connectivity index (χ0n) is 10.9. The molecule has 7 heteroatoms. The van der Waals surface area contributed by atoms with Crippen molar-refractivity contribution < 1.29 is 4.92 Å². The minimum Gasteiger partial charge on any atom is -0.312 e. The highest BCUT2D eigenvalue weighted by molar-refractivity contribution is 5.58. The molecule has 1 aromatic carbocycles. The van der Waals surface area contributed by atoms with Crippen molar-refractivity contribution in [3.8, 4) is 11.4 Å². The molecular weight excluding hydrogens is 258 g/mol. The molecule has 1 aliphatic rings. The number of aromatic nitrogens is 3. The van der Waals surface area contributed by atoms with Crippen molar-refractivity contribution in [3.63, 3.8) is 0 Å². The minimum atomic E-state index is -0.414. The zero-order chi connectivity index (χ0) is 13.9. The Labute approximate surface area is 115 Å². The van der Waals surface area contributed by atoms with Crippen molar-refractivity contribution in [3.05, 3.63) is 40.7 Å². The van der Waals surface area contributed by atoms with Crippen molar-refractivity contribution in [1.29, 1.82) is 0 Å². The predicted octanol–water partition coefficient (Wildman–Crippen LogP) is 1.61. The molecule has 1 atom stereocenters. The maximum Gasteiger partial charge on any atom is 0.270 e. The molecule has 1 N–H and O–H groups in total. The maximum atomic E-state index is 10.8. The number of nitro benzene ring substituents is 1. The standard InChI is InChI=1S/C13H15N5O2/c19-18(20)12-5-1-3-10(7-12)13-15-9-17(16-13)8-11-4-2-6-14-11/h1,3,5,7,9,11,14H,2,4,6,8H2/t11-/m1/s1. The van der Waals surface area contributed by atoms with Gasteiger partial charge in [-0.2, -0.15) is 5.10 Å². The molecule has 0 amide bonds. The van der Waals surface area contributed by atoms with Gasteiger partial charge in [-0.25, -0.2) is 4.98 Å². The van der Waals surface area contributed by atoms with Crippen LogP contribution in [0.15, 0.2) is 30.6 Å². The van der Waals surface area contributed by atoms with Gasteiger partial charge >= 0.3 is 0 Å². The van der Waals surface area contributed by atoms with E-state index in [1.54, 1.807) is 23.1 Å². The Kier molecular flexibility index (Phi) is 3.42. The summed E-state index contributed by atoms with van der Waals surface area (Å²) in [5.74, 6) is 0.520. The first-order valence-corrected chi connectivity index (χ1v) is 6.60. The number of non-ortho nitro benzene ring substituents is 1. The van der Waals surface area contributed by atoms with Gasteiger partial charge in [0.05, 0.1) is 11.5 Å². The second kappa shape index (κ2) is 5.38. The zero-order valence-corrected chi connectivity index (χ0v) is 10.9. The van der Waals surface area contributed by atoms with E-state index in [9.17, 15) is 10.1 Å². The van der Waals surface area contributed by atoms with Crippen LogP contribution in [0.1, 0.15) is 12.8 Å². The molecule has 104 valence electrons. The van der Waals surface area contributed by atoms with Crippen molar-refractivity contribution in [1.82, 2.24) is 20.1 Å². The van der Waals surface area contributed by atoms with Gasteiger partial charge in [0, 0.05) is 23.7 Å². The second-order valence-electron chi connectivity index (χ2n) is 4.89. The molecule has 0 bridgehead atoms. The highest BCUT2D eigenvalue weighted by atomic mass is 16.6. The summed E-state index contributed by atoms with van der Waals surface area (Å²) in [6, 6.07) is 6.82. The van der Waals surface area contributed by atoms with Crippen LogP contribution < -0.4 is 5.32 Å². The Morgan fingerprint density at radius 2 is 2.40 bits per heavy atom. The van der Waals surface area contributed by atoms with E-state index in [-0.39, 0.29) is 5.69 Å². The lowest BCUT2D eigenvalue weighted by Crippen LogP contribution is -2.26. The van der Waals surface area contributed by atoms with Crippen LogP contribution in [-0.2, 0) is 6.54 Å². The van der Waals surface area contributed by atoms with E-state index in [2.05, 4.69) is 15.4 Å². The average molecular weight is 273 g/mol. The van der Waals surface area contributed by atoms with Crippen LogP contribution >= 0.6 is 0 Å². The van der Waals surface area contributed by atoms with E-state index in [0.717, 1.165) is 19.5 Å². The van der Waals surface area contributed by atoms with Gasteiger partial charge in [-0.3, -0.25) is 14.8 Å². The Morgan fingerprint density at radius 3 is 3.15 bits per heavy atom. The van der Waals surface area contributed by atoms with Gasteiger partial charge in [0.2, 0.25) is 0 Å². The number of benzene rings is 1. The summed E-state index contributed by atoms with van der Waals surface area (Å²) in [7, 11) is 0. The Morgan fingerprint density at radius 1 is 1.50 bits per heavy atom. The highest BCUT2D eigenvalue weighted by Gasteiger charge is 2.16. The Bertz CT molecular complexity index is 619. The maximum absolute atomic E-state index is 10.8. The van der Waals surface area contributed by atoms with Gasteiger partial charge in [0.15, 0.2) is 5.82 Å². The number of nitrogens with one attached hydrogen (secondary N) is 1. The van der Waals surface area contributed by atoms with Crippen LogP contribution in [0.5, 0.6) is 0 Å². The SMILES string of the molecule is O=[N+]([O-])c1cccc(-c2ncn(C[C@H]3CCCN3)n2)c1. The fourth-order valence-electron chi connectivity index (χ4n) is 2.41. The van der Waals surface area contributed by atoms with Gasteiger partial charge in [-0.15, -0.1) is 0 Å². The summed E-state index contributed by atoms with van der Waals surface area (Å²) in [5.41, 5.74) is 0.716. The van der Waals surface area contributed by atoms with E-state index in [1.165, 1.54) is 18.6 Å². The molecule has 0 spiro atoms. The highest BCUT2D eigenvalue weighted by Crippen LogP contribution is 2.20. The third-order valence-electron chi connectivity index (χ3n) is 3.42. The van der Waals surface area contributed by atoms with Gasteiger partial charge in [0.25, 0.3) is 5.69 Å². The van der Waals surface area contributed by atoms with Crippen molar-refractivity contribution in [2.24, 2.45) is 0 Å². The minimum absolute atomic E-state index is 0.0521. The summed E-state index contributed by atoms with van der Waals surface area (Å²) in [6.45, 7) is 1.83. The van der Waals surface area contributed by atoms with Crippen LogP contribution in [0.3, 0.4) is 0 Å². The lowest BCUT2D eigenvalue weighted by atomic mass is 10.2. The van der Waals surface area contributed by atoms with Crippen molar-refractivity contribution in [2.45, 2.75) is 25.4 Å². The molecule has 2 heterocycles. The summed E-state index contributed by atoms with van der Waals surface area (Å²) in [5, 5.41) is 18.6. The monoisotopic (exact) mass is 273 g/mol. The fraction of sp³-hybridized carbons (Fsp3) is 0.385. The molecular formula is C13H15N5O2. The van der Waals surface area contributed by atoms with Gasteiger partial charge < -0.3 is 5.32 Å². The lowest BCUT2D eigenvalue weighted by molar-refractivity contribution is -0.384. The molecule has 2 aromatic rings. The second-order valence-corrected chi connectivity index (χ2v) is 4.89. The van der Waals surface area contributed by atoms with E-state index in [0.29, 0.717) is 17.4 Å². The third-order valence-corrected chi connectivity index (χ3v) is 3.42. The van der Waals surface area contributed by atoms with Crippen LogP contribution in [0.2, 0.25) is 0 Å². The van der Waals surface area contributed by atoms with Crippen molar-refractivity contribution in [2.75, 3.05) is 6.54 Å². The molecule has 1 fully saturated rings. The van der Waals surface area contributed by atoms with Crippen molar-refractivity contribution >= 4 is 5.69 Å². The number of rotatable bonds is 4. The molecule has 1 aromatic heterocycles. The molecule has 0 saturated carbocycles. The van der Waals surface area contributed by atoms with E-state index in [4.69, 9.17) is 0 Å². The first-order valence-electron chi connectivity index (χ1n) is 6.60. The summed E-state index contributed by atoms with van der Waals surface area (Å²) < 4.78 is 1.79. The quantitative estimate of drug-likeness (QED) is 0.675. The van der Waals surface area contributed by atoms with Crippen LogP contribution in [0.25, 0.3) is 11.4 Å².